The predicted molar refractivity (Wildman–Crippen MR) is 97.2 cm³/mol. The molecule has 0 atom stereocenters. The van der Waals surface area contributed by atoms with Crippen LogP contribution in [0.5, 0.6) is 0 Å². The van der Waals surface area contributed by atoms with Crippen molar-refractivity contribution in [2.75, 3.05) is 5.75 Å². The second kappa shape index (κ2) is 7.32. The van der Waals surface area contributed by atoms with Crippen LogP contribution in [0.4, 0.5) is 0 Å². The molecule has 0 radical (unpaired) electrons. The van der Waals surface area contributed by atoms with Gasteiger partial charge in [-0.1, -0.05) is 11.8 Å². The minimum atomic E-state index is -0.0890. The van der Waals surface area contributed by atoms with Gasteiger partial charge in [0.25, 0.3) is 5.78 Å². The lowest BCUT2D eigenvalue weighted by Crippen LogP contribution is -2.18. The zero-order valence-corrected chi connectivity index (χ0v) is 15.7. The maximum absolute atomic E-state index is 12.3. The fourth-order valence-electron chi connectivity index (χ4n) is 2.24. The number of aryl methyl sites for hydroxylation is 2. The molecular formula is C16H17N5O2S2. The van der Waals surface area contributed by atoms with Crippen molar-refractivity contribution in [3.63, 3.8) is 0 Å². The van der Waals surface area contributed by atoms with Crippen molar-refractivity contribution in [3.05, 3.63) is 39.3 Å². The first-order chi connectivity index (χ1) is 11.9. The van der Waals surface area contributed by atoms with E-state index in [1.54, 1.807) is 10.6 Å². The van der Waals surface area contributed by atoms with Crippen molar-refractivity contribution in [2.45, 2.75) is 32.5 Å². The molecule has 0 spiro atoms. The molecule has 0 saturated heterocycles. The summed E-state index contributed by atoms with van der Waals surface area (Å²) >= 11 is 2.69. The van der Waals surface area contributed by atoms with Crippen LogP contribution >= 0.6 is 23.1 Å². The summed E-state index contributed by atoms with van der Waals surface area (Å²) in [6.07, 6.45) is 0. The lowest BCUT2D eigenvalue weighted by Gasteiger charge is -1.98. The van der Waals surface area contributed by atoms with Crippen LogP contribution in [-0.2, 0) is 11.3 Å². The smallest absolute Gasteiger partial charge is 0.253 e. The monoisotopic (exact) mass is 375 g/mol. The molecule has 0 bridgehead atoms. The number of rotatable bonds is 6. The first-order valence-electron chi connectivity index (χ1n) is 7.62. The number of nitrogens with one attached hydrogen (secondary N) is 1. The summed E-state index contributed by atoms with van der Waals surface area (Å²) in [5, 5.41) is 7.64. The number of ketones is 1. The van der Waals surface area contributed by atoms with E-state index >= 15 is 0 Å². The molecule has 0 saturated carbocycles. The van der Waals surface area contributed by atoms with E-state index in [1.807, 2.05) is 26.0 Å². The van der Waals surface area contributed by atoms with E-state index in [0.717, 1.165) is 16.3 Å². The molecule has 0 unspecified atom stereocenters. The Morgan fingerprint density at radius 1 is 1.28 bits per heavy atom. The number of carbonyl (C=O) groups is 2. The van der Waals surface area contributed by atoms with Crippen molar-refractivity contribution in [3.8, 4) is 0 Å². The van der Waals surface area contributed by atoms with Crippen molar-refractivity contribution < 1.29 is 9.59 Å². The lowest BCUT2D eigenvalue weighted by atomic mass is 10.3. The Balaban J connectivity index is 1.64. The molecule has 9 heteroatoms. The van der Waals surface area contributed by atoms with Gasteiger partial charge < -0.3 is 5.32 Å². The molecule has 1 N–H and O–H groups in total. The SMILES string of the molecule is CC(=O)NCc1ccc(C(=O)CSc2nc3nc(C)cc(C)n3n2)s1. The standard InChI is InChI=1S/C16H17N5O2S2/c1-9-6-10(2)21-15(18-9)19-16(20-21)24-8-13(23)14-5-4-12(25-14)7-17-11(3)22/h4-6H,7-8H2,1-3H3,(H,17,22). The Labute approximate surface area is 152 Å². The molecule has 0 aliphatic heterocycles. The van der Waals surface area contributed by atoms with E-state index < -0.39 is 0 Å². The first-order valence-corrected chi connectivity index (χ1v) is 9.43. The van der Waals surface area contributed by atoms with Crippen LogP contribution in [0.1, 0.15) is 32.9 Å². The Kier molecular flexibility index (Phi) is 5.14. The third-order valence-corrected chi connectivity index (χ3v) is 5.34. The fourth-order valence-corrected chi connectivity index (χ4v) is 3.92. The second-order valence-electron chi connectivity index (χ2n) is 5.53. The number of nitrogens with zero attached hydrogens (tertiary/aromatic N) is 4. The highest BCUT2D eigenvalue weighted by Gasteiger charge is 2.13. The van der Waals surface area contributed by atoms with E-state index in [4.69, 9.17) is 0 Å². The number of fused-ring (bicyclic) bond motifs is 1. The van der Waals surface area contributed by atoms with Crippen molar-refractivity contribution in [1.82, 2.24) is 24.9 Å². The van der Waals surface area contributed by atoms with Crippen LogP contribution in [0.2, 0.25) is 0 Å². The molecule has 3 heterocycles. The number of thiophene rings is 1. The van der Waals surface area contributed by atoms with Crippen molar-refractivity contribution in [2.24, 2.45) is 0 Å². The van der Waals surface area contributed by atoms with Gasteiger partial charge in [0.1, 0.15) is 0 Å². The van der Waals surface area contributed by atoms with E-state index in [-0.39, 0.29) is 17.4 Å². The van der Waals surface area contributed by atoms with Crippen LogP contribution in [0, 0.1) is 13.8 Å². The average Bonchev–Trinajstić information content (AvgIpc) is 3.17. The van der Waals surface area contributed by atoms with E-state index in [9.17, 15) is 9.59 Å². The normalized spacial score (nSPS) is 11.0. The average molecular weight is 375 g/mol. The minimum absolute atomic E-state index is 0.0174. The predicted octanol–water partition coefficient (Wildman–Crippen LogP) is 2.41. The number of aromatic nitrogens is 4. The number of Topliss-reactive ketones (excluding diaryl/α,β-unsaturated/α-hetero) is 1. The molecule has 130 valence electrons. The number of thioether (sulfide) groups is 1. The molecule has 3 aromatic heterocycles. The Bertz CT molecular complexity index is 947. The Hall–Kier alpha value is -2.26. The molecule has 0 aliphatic carbocycles. The largest absolute Gasteiger partial charge is 0.351 e. The molecular weight excluding hydrogens is 358 g/mol. The number of hydrogen-bond donors (Lipinski definition) is 1. The highest BCUT2D eigenvalue weighted by Crippen LogP contribution is 2.21. The van der Waals surface area contributed by atoms with Crippen LogP contribution < -0.4 is 5.32 Å². The molecule has 0 aromatic carbocycles. The van der Waals surface area contributed by atoms with E-state index in [2.05, 4.69) is 20.4 Å². The fraction of sp³-hybridized carbons (Fsp3) is 0.312. The zero-order chi connectivity index (χ0) is 18.0. The van der Waals surface area contributed by atoms with Gasteiger partial charge in [-0.25, -0.2) is 9.50 Å². The summed E-state index contributed by atoms with van der Waals surface area (Å²) in [6, 6.07) is 5.58. The van der Waals surface area contributed by atoms with Crippen LogP contribution in [-0.4, -0.2) is 37.0 Å². The van der Waals surface area contributed by atoms with E-state index in [0.29, 0.717) is 22.4 Å². The quantitative estimate of drug-likeness (QED) is 0.526. The lowest BCUT2D eigenvalue weighted by molar-refractivity contribution is -0.119. The van der Waals surface area contributed by atoms with Crippen molar-refractivity contribution >= 4 is 40.6 Å². The van der Waals surface area contributed by atoms with Gasteiger partial charge in [0.05, 0.1) is 17.2 Å². The summed E-state index contributed by atoms with van der Waals surface area (Å²) in [4.78, 5) is 33.6. The number of carbonyl (C=O) groups excluding carboxylic acids is 2. The van der Waals surface area contributed by atoms with Gasteiger partial charge in [-0.15, -0.1) is 16.4 Å². The van der Waals surface area contributed by atoms with Gasteiger partial charge in [-0.3, -0.25) is 9.59 Å². The van der Waals surface area contributed by atoms with Gasteiger partial charge in [-0.2, -0.15) is 4.98 Å². The summed E-state index contributed by atoms with van der Waals surface area (Å²) in [5.41, 5.74) is 1.84. The Morgan fingerprint density at radius 3 is 2.84 bits per heavy atom. The van der Waals surface area contributed by atoms with E-state index in [1.165, 1.54) is 30.0 Å². The summed E-state index contributed by atoms with van der Waals surface area (Å²) < 4.78 is 1.68. The molecule has 3 aromatic rings. The second-order valence-corrected chi connectivity index (χ2v) is 7.64. The van der Waals surface area contributed by atoms with Crippen LogP contribution in [0.25, 0.3) is 5.78 Å². The third-order valence-electron chi connectivity index (χ3n) is 3.38. The van der Waals surface area contributed by atoms with Gasteiger partial charge in [0.2, 0.25) is 11.1 Å². The van der Waals surface area contributed by atoms with Gasteiger partial charge in [0, 0.05) is 23.2 Å². The van der Waals surface area contributed by atoms with Gasteiger partial charge >= 0.3 is 0 Å². The zero-order valence-electron chi connectivity index (χ0n) is 14.1. The van der Waals surface area contributed by atoms with Gasteiger partial charge in [0.15, 0.2) is 5.78 Å². The minimum Gasteiger partial charge on any atom is -0.351 e. The maximum atomic E-state index is 12.3. The Morgan fingerprint density at radius 2 is 2.08 bits per heavy atom. The highest BCUT2D eigenvalue weighted by atomic mass is 32.2. The molecule has 3 rings (SSSR count). The molecule has 1 amide bonds. The molecule has 0 fully saturated rings. The summed E-state index contributed by atoms with van der Waals surface area (Å²) in [5.74, 6) is 0.730. The van der Waals surface area contributed by atoms with Gasteiger partial charge in [-0.05, 0) is 32.0 Å². The van der Waals surface area contributed by atoms with Crippen molar-refractivity contribution in [1.29, 1.82) is 0 Å². The number of amides is 1. The third kappa shape index (κ3) is 4.23. The highest BCUT2D eigenvalue weighted by molar-refractivity contribution is 7.99. The summed E-state index contributed by atoms with van der Waals surface area (Å²) in [6.45, 7) is 5.76. The summed E-state index contributed by atoms with van der Waals surface area (Å²) in [7, 11) is 0. The van der Waals surface area contributed by atoms with Crippen LogP contribution in [0.3, 0.4) is 0 Å². The van der Waals surface area contributed by atoms with Crippen LogP contribution in [0.15, 0.2) is 23.4 Å². The maximum Gasteiger partial charge on any atom is 0.253 e. The topological polar surface area (TPSA) is 89.2 Å². The molecule has 25 heavy (non-hydrogen) atoms. The molecule has 0 aliphatic rings. The number of hydrogen-bond acceptors (Lipinski definition) is 7. The molecule has 7 nitrogen and oxygen atoms in total. The first kappa shape index (κ1) is 17.6.